The molecule has 0 amide bonds. The van der Waals surface area contributed by atoms with Gasteiger partial charge in [0.15, 0.2) is 0 Å². The predicted molar refractivity (Wildman–Crippen MR) is 47.4 cm³/mol. The average Bonchev–Trinajstić information content (AvgIpc) is 2.88. The molecule has 0 N–H and O–H groups in total. The Morgan fingerprint density at radius 1 is 1.54 bits per heavy atom. The first kappa shape index (κ1) is 8.48. The molecule has 0 aromatic carbocycles. The lowest BCUT2D eigenvalue weighted by Gasteiger charge is -1.96. The van der Waals surface area contributed by atoms with Crippen LogP contribution in [-0.4, -0.2) is 10.9 Å². The van der Waals surface area contributed by atoms with Gasteiger partial charge in [0.2, 0.25) is 0 Å². The number of rotatable bonds is 3. The third kappa shape index (κ3) is 1.64. The SMILES string of the molecule is Cc1noc(C)c1CC(=O)C1CC1. The fourth-order valence-electron chi connectivity index (χ4n) is 1.48. The molecule has 0 atom stereocenters. The minimum absolute atomic E-state index is 0.327. The van der Waals surface area contributed by atoms with Crippen molar-refractivity contribution < 1.29 is 9.32 Å². The highest BCUT2D eigenvalue weighted by Gasteiger charge is 2.30. The van der Waals surface area contributed by atoms with E-state index in [-0.39, 0.29) is 0 Å². The highest BCUT2D eigenvalue weighted by Crippen LogP contribution is 2.31. The van der Waals surface area contributed by atoms with E-state index in [0.29, 0.717) is 18.1 Å². The van der Waals surface area contributed by atoms with E-state index in [4.69, 9.17) is 4.52 Å². The van der Waals surface area contributed by atoms with Crippen molar-refractivity contribution in [3.05, 3.63) is 17.0 Å². The van der Waals surface area contributed by atoms with Gasteiger partial charge in [-0.25, -0.2) is 0 Å². The van der Waals surface area contributed by atoms with Crippen LogP contribution in [0.15, 0.2) is 4.52 Å². The van der Waals surface area contributed by atoms with Crippen molar-refractivity contribution in [2.24, 2.45) is 5.92 Å². The van der Waals surface area contributed by atoms with Crippen molar-refractivity contribution in [2.75, 3.05) is 0 Å². The zero-order chi connectivity index (χ0) is 9.42. The molecular weight excluding hydrogens is 166 g/mol. The van der Waals surface area contributed by atoms with Gasteiger partial charge in [-0.2, -0.15) is 0 Å². The lowest BCUT2D eigenvalue weighted by molar-refractivity contribution is -0.119. The molecule has 0 bridgehead atoms. The molecule has 1 aromatic heterocycles. The summed E-state index contributed by atoms with van der Waals surface area (Å²) in [6, 6.07) is 0. The Morgan fingerprint density at radius 3 is 2.69 bits per heavy atom. The topological polar surface area (TPSA) is 43.1 Å². The molecule has 1 aliphatic rings. The maximum atomic E-state index is 11.5. The summed E-state index contributed by atoms with van der Waals surface area (Å²) in [7, 11) is 0. The van der Waals surface area contributed by atoms with Gasteiger partial charge in [0.05, 0.1) is 5.69 Å². The largest absolute Gasteiger partial charge is 0.361 e. The number of nitrogens with zero attached hydrogens (tertiary/aromatic N) is 1. The summed E-state index contributed by atoms with van der Waals surface area (Å²) < 4.78 is 4.99. The first-order valence-corrected chi connectivity index (χ1v) is 4.63. The van der Waals surface area contributed by atoms with Crippen LogP contribution in [0.2, 0.25) is 0 Å². The van der Waals surface area contributed by atoms with Gasteiger partial charge in [0, 0.05) is 17.9 Å². The van der Waals surface area contributed by atoms with Crippen LogP contribution in [-0.2, 0) is 11.2 Å². The highest BCUT2D eigenvalue weighted by atomic mass is 16.5. The molecule has 3 heteroatoms. The Morgan fingerprint density at radius 2 is 2.23 bits per heavy atom. The van der Waals surface area contributed by atoms with E-state index in [2.05, 4.69) is 5.16 Å². The summed E-state index contributed by atoms with van der Waals surface area (Å²) >= 11 is 0. The lowest BCUT2D eigenvalue weighted by atomic mass is 10.1. The summed E-state index contributed by atoms with van der Waals surface area (Å²) in [6.45, 7) is 3.74. The fraction of sp³-hybridized carbons (Fsp3) is 0.600. The smallest absolute Gasteiger partial charge is 0.140 e. The molecule has 0 radical (unpaired) electrons. The molecule has 2 rings (SSSR count). The summed E-state index contributed by atoms with van der Waals surface area (Å²) in [5.74, 6) is 1.45. The van der Waals surface area contributed by atoms with E-state index in [0.717, 1.165) is 29.9 Å². The average molecular weight is 179 g/mol. The number of aromatic nitrogens is 1. The second kappa shape index (κ2) is 2.98. The summed E-state index contributed by atoms with van der Waals surface area (Å²) in [5, 5.41) is 3.82. The zero-order valence-electron chi connectivity index (χ0n) is 7.96. The lowest BCUT2D eigenvalue weighted by Crippen LogP contribution is -2.05. The van der Waals surface area contributed by atoms with E-state index >= 15 is 0 Å². The van der Waals surface area contributed by atoms with Crippen molar-refractivity contribution in [1.82, 2.24) is 5.16 Å². The van der Waals surface area contributed by atoms with Crippen molar-refractivity contribution in [2.45, 2.75) is 33.1 Å². The van der Waals surface area contributed by atoms with Crippen molar-refractivity contribution in [1.29, 1.82) is 0 Å². The van der Waals surface area contributed by atoms with Gasteiger partial charge in [0.25, 0.3) is 0 Å². The molecule has 13 heavy (non-hydrogen) atoms. The number of carbonyl (C=O) groups excluding carboxylic acids is 1. The van der Waals surface area contributed by atoms with Crippen LogP contribution in [0.1, 0.15) is 29.9 Å². The number of carbonyl (C=O) groups is 1. The second-order valence-corrected chi connectivity index (χ2v) is 3.72. The maximum Gasteiger partial charge on any atom is 0.140 e. The van der Waals surface area contributed by atoms with Crippen LogP contribution in [0.4, 0.5) is 0 Å². The van der Waals surface area contributed by atoms with Crippen molar-refractivity contribution in [3.8, 4) is 0 Å². The zero-order valence-corrected chi connectivity index (χ0v) is 7.96. The van der Waals surface area contributed by atoms with E-state index in [9.17, 15) is 4.79 Å². The third-order valence-electron chi connectivity index (χ3n) is 2.56. The van der Waals surface area contributed by atoms with Crippen LogP contribution in [0, 0.1) is 19.8 Å². The van der Waals surface area contributed by atoms with Crippen LogP contribution >= 0.6 is 0 Å². The van der Waals surface area contributed by atoms with E-state index in [1.54, 1.807) is 0 Å². The summed E-state index contributed by atoms with van der Waals surface area (Å²) in [5.41, 5.74) is 1.84. The van der Waals surface area contributed by atoms with Gasteiger partial charge in [0.1, 0.15) is 11.5 Å². The molecule has 70 valence electrons. The Labute approximate surface area is 77.1 Å². The molecule has 0 aliphatic heterocycles. The van der Waals surface area contributed by atoms with Crippen LogP contribution in [0.3, 0.4) is 0 Å². The fourth-order valence-corrected chi connectivity index (χ4v) is 1.48. The Bertz CT molecular complexity index is 317. The van der Waals surface area contributed by atoms with Gasteiger partial charge >= 0.3 is 0 Å². The minimum Gasteiger partial charge on any atom is -0.361 e. The van der Waals surface area contributed by atoms with E-state index in [1.165, 1.54) is 0 Å². The number of ketones is 1. The number of hydrogen-bond acceptors (Lipinski definition) is 3. The van der Waals surface area contributed by atoms with Gasteiger partial charge in [-0.05, 0) is 26.7 Å². The van der Waals surface area contributed by atoms with Crippen molar-refractivity contribution >= 4 is 5.78 Å². The summed E-state index contributed by atoms with van der Waals surface area (Å²) in [4.78, 5) is 11.5. The Balaban J connectivity index is 2.11. The molecule has 0 unspecified atom stereocenters. The highest BCUT2D eigenvalue weighted by molar-refractivity contribution is 5.85. The first-order chi connectivity index (χ1) is 6.18. The van der Waals surface area contributed by atoms with Gasteiger partial charge in [-0.15, -0.1) is 0 Å². The van der Waals surface area contributed by atoms with Gasteiger partial charge in [-0.1, -0.05) is 5.16 Å². The van der Waals surface area contributed by atoms with Crippen LogP contribution < -0.4 is 0 Å². The first-order valence-electron chi connectivity index (χ1n) is 4.63. The van der Waals surface area contributed by atoms with Crippen molar-refractivity contribution in [3.63, 3.8) is 0 Å². The third-order valence-corrected chi connectivity index (χ3v) is 2.56. The van der Waals surface area contributed by atoms with E-state index in [1.807, 2.05) is 13.8 Å². The minimum atomic E-state index is 0.327. The molecule has 1 aromatic rings. The van der Waals surface area contributed by atoms with Crippen LogP contribution in [0.5, 0.6) is 0 Å². The number of aryl methyl sites for hydroxylation is 2. The molecule has 0 saturated heterocycles. The van der Waals surface area contributed by atoms with E-state index < -0.39 is 0 Å². The predicted octanol–water partition coefficient (Wildman–Crippen LogP) is 1.81. The Hall–Kier alpha value is -1.12. The molecule has 3 nitrogen and oxygen atoms in total. The number of hydrogen-bond donors (Lipinski definition) is 0. The molecule has 1 aliphatic carbocycles. The molecule has 1 fully saturated rings. The monoisotopic (exact) mass is 179 g/mol. The van der Waals surface area contributed by atoms with Gasteiger partial charge < -0.3 is 4.52 Å². The molecular formula is C10H13NO2. The van der Waals surface area contributed by atoms with Gasteiger partial charge in [-0.3, -0.25) is 4.79 Å². The maximum absolute atomic E-state index is 11.5. The molecule has 1 saturated carbocycles. The molecule has 1 heterocycles. The number of Topliss-reactive ketones (excluding diaryl/α,β-unsaturated/α-hetero) is 1. The standard InChI is InChI=1S/C10H13NO2/c1-6-9(7(2)13-11-6)5-10(12)8-3-4-8/h8H,3-5H2,1-2H3. The second-order valence-electron chi connectivity index (χ2n) is 3.72. The van der Waals surface area contributed by atoms with Crippen LogP contribution in [0.25, 0.3) is 0 Å². The Kier molecular flexibility index (Phi) is 1.94. The quantitative estimate of drug-likeness (QED) is 0.710. The summed E-state index contributed by atoms with van der Waals surface area (Å²) in [6.07, 6.45) is 2.65. The normalized spacial score (nSPS) is 16.2. The molecule has 0 spiro atoms.